The van der Waals surface area contributed by atoms with Crippen molar-refractivity contribution in [3.05, 3.63) is 52.2 Å². The lowest BCUT2D eigenvalue weighted by atomic mass is 9.97. The molecule has 0 fully saturated rings. The Hall–Kier alpha value is -2.14. The molecule has 0 aliphatic rings. The van der Waals surface area contributed by atoms with Crippen molar-refractivity contribution in [2.24, 2.45) is 0 Å². The molecule has 1 heterocycles. The van der Waals surface area contributed by atoms with E-state index in [1.165, 1.54) is 18.4 Å². The fraction of sp³-hybridized carbons (Fsp3) is 0.250. The van der Waals surface area contributed by atoms with Crippen LogP contribution in [0.5, 0.6) is 0 Å². The highest BCUT2D eigenvalue weighted by molar-refractivity contribution is 7.12. The van der Waals surface area contributed by atoms with Crippen LogP contribution >= 0.6 is 11.3 Å². The highest BCUT2D eigenvalue weighted by atomic mass is 32.1. The van der Waals surface area contributed by atoms with Crippen molar-refractivity contribution < 1.29 is 14.3 Å². The number of hydrogen-bond acceptors (Lipinski definition) is 4. The minimum absolute atomic E-state index is 0.116. The van der Waals surface area contributed by atoms with Gasteiger partial charge < -0.3 is 10.1 Å². The van der Waals surface area contributed by atoms with E-state index in [4.69, 9.17) is 0 Å². The van der Waals surface area contributed by atoms with E-state index >= 15 is 0 Å². The van der Waals surface area contributed by atoms with Gasteiger partial charge in [-0.25, -0.2) is 4.79 Å². The number of benzene rings is 1. The standard InChI is InChI=1S/C16H17NO3S/c1-11(12-6-4-3-5-7-12)10-14(18)17-13-8-9-21-15(13)16(19)20-2/h3-9,11H,10H2,1-2H3,(H,17,18). The van der Waals surface area contributed by atoms with Crippen LogP contribution in [0.2, 0.25) is 0 Å². The van der Waals surface area contributed by atoms with Crippen molar-refractivity contribution in [1.82, 2.24) is 0 Å². The second kappa shape index (κ2) is 7.04. The number of amides is 1. The van der Waals surface area contributed by atoms with Crippen LogP contribution in [0.25, 0.3) is 0 Å². The molecule has 4 nitrogen and oxygen atoms in total. The first-order valence-electron chi connectivity index (χ1n) is 6.62. The Bertz CT molecular complexity index is 621. The number of nitrogens with one attached hydrogen (secondary N) is 1. The van der Waals surface area contributed by atoms with Gasteiger partial charge >= 0.3 is 5.97 Å². The molecule has 0 aliphatic heterocycles. The lowest BCUT2D eigenvalue weighted by Crippen LogP contribution is -2.16. The average Bonchev–Trinajstić information content (AvgIpc) is 2.95. The topological polar surface area (TPSA) is 55.4 Å². The molecule has 0 saturated carbocycles. The summed E-state index contributed by atoms with van der Waals surface area (Å²) in [6, 6.07) is 11.6. The number of rotatable bonds is 5. The van der Waals surface area contributed by atoms with Crippen molar-refractivity contribution in [2.45, 2.75) is 19.3 Å². The molecule has 1 aromatic heterocycles. The summed E-state index contributed by atoms with van der Waals surface area (Å²) >= 11 is 1.25. The number of ether oxygens (including phenoxy) is 1. The van der Waals surface area contributed by atoms with Gasteiger partial charge in [0.05, 0.1) is 12.8 Å². The Labute approximate surface area is 127 Å². The van der Waals surface area contributed by atoms with Gasteiger partial charge in [-0.1, -0.05) is 37.3 Å². The van der Waals surface area contributed by atoms with Crippen molar-refractivity contribution in [2.75, 3.05) is 12.4 Å². The van der Waals surface area contributed by atoms with E-state index in [0.29, 0.717) is 17.0 Å². The second-order valence-corrected chi connectivity index (χ2v) is 5.64. The lowest BCUT2D eigenvalue weighted by Gasteiger charge is -2.12. The Morgan fingerprint density at radius 2 is 1.95 bits per heavy atom. The quantitative estimate of drug-likeness (QED) is 0.857. The van der Waals surface area contributed by atoms with Crippen LogP contribution in [0, 0.1) is 0 Å². The Kier molecular flexibility index (Phi) is 5.11. The third-order valence-corrected chi connectivity index (χ3v) is 4.06. The SMILES string of the molecule is COC(=O)c1sccc1NC(=O)CC(C)c1ccccc1. The van der Waals surface area contributed by atoms with Crippen LogP contribution in [0.3, 0.4) is 0 Å². The molecule has 0 saturated heterocycles. The van der Waals surface area contributed by atoms with E-state index in [9.17, 15) is 9.59 Å². The van der Waals surface area contributed by atoms with Gasteiger partial charge in [-0.05, 0) is 22.9 Å². The molecule has 1 aromatic carbocycles. The summed E-state index contributed by atoms with van der Waals surface area (Å²) in [4.78, 5) is 24.1. The fourth-order valence-corrected chi connectivity index (χ4v) is 2.80. The van der Waals surface area contributed by atoms with Gasteiger partial charge in [0.25, 0.3) is 0 Å². The van der Waals surface area contributed by atoms with Crippen molar-refractivity contribution in [3.8, 4) is 0 Å². The number of methoxy groups -OCH3 is 1. The van der Waals surface area contributed by atoms with Crippen LogP contribution in [0.15, 0.2) is 41.8 Å². The van der Waals surface area contributed by atoms with Gasteiger partial charge in [0.1, 0.15) is 4.88 Å². The van der Waals surface area contributed by atoms with E-state index in [1.54, 1.807) is 11.4 Å². The first kappa shape index (κ1) is 15.3. The summed E-state index contributed by atoms with van der Waals surface area (Å²) in [5.41, 5.74) is 1.63. The summed E-state index contributed by atoms with van der Waals surface area (Å²) in [5, 5.41) is 4.53. The third-order valence-electron chi connectivity index (χ3n) is 3.17. The monoisotopic (exact) mass is 303 g/mol. The maximum atomic E-state index is 12.1. The molecular formula is C16H17NO3S. The first-order valence-corrected chi connectivity index (χ1v) is 7.50. The predicted molar refractivity (Wildman–Crippen MR) is 83.8 cm³/mol. The first-order chi connectivity index (χ1) is 10.1. The van der Waals surface area contributed by atoms with Crippen LogP contribution in [0.4, 0.5) is 5.69 Å². The molecule has 0 spiro atoms. The minimum atomic E-state index is -0.434. The summed E-state index contributed by atoms with van der Waals surface area (Å²) in [6.45, 7) is 2.00. The maximum absolute atomic E-state index is 12.1. The Balaban J connectivity index is 1.99. The van der Waals surface area contributed by atoms with Gasteiger partial charge in [0, 0.05) is 6.42 Å². The average molecular weight is 303 g/mol. The summed E-state index contributed by atoms with van der Waals surface area (Å²) in [5.74, 6) is -0.433. The zero-order chi connectivity index (χ0) is 15.2. The highest BCUT2D eigenvalue weighted by Crippen LogP contribution is 2.25. The largest absolute Gasteiger partial charge is 0.465 e. The molecule has 1 N–H and O–H groups in total. The summed E-state index contributed by atoms with van der Waals surface area (Å²) in [7, 11) is 1.32. The number of carbonyl (C=O) groups excluding carboxylic acids is 2. The number of esters is 1. The van der Waals surface area contributed by atoms with Crippen molar-refractivity contribution in [3.63, 3.8) is 0 Å². The molecule has 110 valence electrons. The highest BCUT2D eigenvalue weighted by Gasteiger charge is 2.17. The normalized spacial score (nSPS) is 11.7. The molecule has 0 radical (unpaired) electrons. The molecule has 1 amide bonds. The zero-order valence-electron chi connectivity index (χ0n) is 12.0. The number of anilines is 1. The second-order valence-electron chi connectivity index (χ2n) is 4.72. The van der Waals surface area contributed by atoms with Gasteiger partial charge in [0.2, 0.25) is 5.91 Å². The molecular weight excluding hydrogens is 286 g/mol. The van der Waals surface area contributed by atoms with Gasteiger partial charge in [-0.3, -0.25) is 4.79 Å². The number of thiophene rings is 1. The molecule has 0 aliphatic carbocycles. The van der Waals surface area contributed by atoms with Gasteiger partial charge in [-0.15, -0.1) is 11.3 Å². The smallest absolute Gasteiger partial charge is 0.350 e. The van der Waals surface area contributed by atoms with E-state index in [-0.39, 0.29) is 11.8 Å². The van der Waals surface area contributed by atoms with Gasteiger partial charge in [0.15, 0.2) is 0 Å². The zero-order valence-corrected chi connectivity index (χ0v) is 12.8. The fourth-order valence-electron chi connectivity index (χ4n) is 2.04. The Morgan fingerprint density at radius 1 is 1.24 bits per heavy atom. The van der Waals surface area contributed by atoms with Crippen LogP contribution in [-0.4, -0.2) is 19.0 Å². The Morgan fingerprint density at radius 3 is 2.62 bits per heavy atom. The summed E-state index contributed by atoms with van der Waals surface area (Å²) < 4.78 is 4.69. The van der Waals surface area contributed by atoms with Crippen LogP contribution in [0.1, 0.15) is 34.5 Å². The molecule has 1 unspecified atom stereocenters. The predicted octanol–water partition coefficient (Wildman–Crippen LogP) is 3.67. The molecule has 2 rings (SSSR count). The summed E-state index contributed by atoms with van der Waals surface area (Å²) in [6.07, 6.45) is 0.362. The van der Waals surface area contributed by atoms with Crippen molar-refractivity contribution in [1.29, 1.82) is 0 Å². The van der Waals surface area contributed by atoms with E-state index in [1.807, 2.05) is 37.3 Å². The minimum Gasteiger partial charge on any atom is -0.465 e. The lowest BCUT2D eigenvalue weighted by molar-refractivity contribution is -0.116. The van der Waals surface area contributed by atoms with E-state index < -0.39 is 5.97 Å². The van der Waals surface area contributed by atoms with E-state index in [2.05, 4.69) is 10.1 Å². The van der Waals surface area contributed by atoms with Crippen molar-refractivity contribution >= 4 is 28.9 Å². The van der Waals surface area contributed by atoms with E-state index in [0.717, 1.165) is 5.56 Å². The molecule has 1 atom stereocenters. The molecule has 2 aromatic rings. The number of hydrogen-bond donors (Lipinski definition) is 1. The number of carbonyl (C=O) groups is 2. The van der Waals surface area contributed by atoms with Crippen LogP contribution < -0.4 is 5.32 Å². The van der Waals surface area contributed by atoms with Crippen LogP contribution in [-0.2, 0) is 9.53 Å². The molecule has 5 heteroatoms. The maximum Gasteiger partial charge on any atom is 0.350 e. The molecule has 21 heavy (non-hydrogen) atoms. The third kappa shape index (κ3) is 3.92. The van der Waals surface area contributed by atoms with Gasteiger partial charge in [-0.2, -0.15) is 0 Å². The molecule has 0 bridgehead atoms.